The van der Waals surface area contributed by atoms with Crippen LogP contribution in [-0.4, -0.2) is 93.9 Å². The number of likely N-dealkylation sites (tertiary alicyclic amines) is 1. The summed E-state index contributed by atoms with van der Waals surface area (Å²) in [6.07, 6.45) is 8.72. The Hall–Kier alpha value is -7.23. The first-order valence-electron chi connectivity index (χ1n) is 24.6. The maximum absolute atomic E-state index is 16.1. The number of amides is 4. The number of carbonyl (C=O) groups is 4. The molecule has 15 heteroatoms. The van der Waals surface area contributed by atoms with Crippen molar-refractivity contribution in [2.45, 2.75) is 83.3 Å². The molecule has 3 aromatic heterocycles. The highest BCUT2D eigenvalue weighted by Crippen LogP contribution is 2.44. The normalized spacial score (nSPS) is 18.7. The Morgan fingerprint density at radius 1 is 0.887 bits per heavy atom. The number of fused-ring (bicyclic) bond motifs is 2. The quantitative estimate of drug-likeness (QED) is 0.126. The third kappa shape index (κ3) is 8.86. The molecule has 3 aromatic carbocycles. The Morgan fingerprint density at radius 2 is 1.66 bits per heavy atom. The van der Waals surface area contributed by atoms with Gasteiger partial charge in [0.2, 0.25) is 17.7 Å². The first-order valence-corrected chi connectivity index (χ1v) is 24.6. The number of nitrogens with zero attached hydrogens (tertiary/aromatic N) is 7. The van der Waals surface area contributed by atoms with Gasteiger partial charge in [-0.3, -0.25) is 48.6 Å². The minimum atomic E-state index is -0.790. The van der Waals surface area contributed by atoms with Crippen LogP contribution in [0.1, 0.15) is 95.7 Å². The average Bonchev–Trinajstić information content (AvgIpc) is 3.78. The number of aromatic nitrogens is 3. The monoisotopic (exact) mass is 957 g/mol. The number of pyridine rings is 2. The highest BCUT2D eigenvalue weighted by Gasteiger charge is 2.49. The van der Waals surface area contributed by atoms with Gasteiger partial charge in [0.25, 0.3) is 11.5 Å². The summed E-state index contributed by atoms with van der Waals surface area (Å²) in [4.78, 5) is 77.6. The lowest BCUT2D eigenvalue weighted by Crippen LogP contribution is -2.55. The maximum atomic E-state index is 16.1. The molecule has 0 unspecified atom stereocenters. The van der Waals surface area contributed by atoms with Gasteiger partial charge in [0, 0.05) is 111 Å². The average molecular weight is 958 g/mol. The minimum absolute atomic E-state index is 0.126. The van der Waals surface area contributed by atoms with Crippen molar-refractivity contribution in [3.05, 3.63) is 153 Å². The molecule has 0 radical (unpaired) electrons. The first kappa shape index (κ1) is 47.4. The molecule has 0 bridgehead atoms. The number of hydrogen-bond donors (Lipinski definition) is 2. The van der Waals surface area contributed by atoms with Gasteiger partial charge in [-0.15, -0.1) is 0 Å². The smallest absolute Gasteiger partial charge is 0.258 e. The fraction of sp³-hybridized carbons (Fsp3) is 0.357. The van der Waals surface area contributed by atoms with E-state index in [0.717, 1.165) is 101 Å². The molecule has 10 rings (SSSR count). The third-order valence-corrected chi connectivity index (χ3v) is 15.3. The van der Waals surface area contributed by atoms with E-state index in [4.69, 9.17) is 0 Å². The fourth-order valence-corrected chi connectivity index (χ4v) is 11.2. The summed E-state index contributed by atoms with van der Waals surface area (Å²) in [6.45, 7) is 10.3. The Morgan fingerprint density at radius 3 is 2.35 bits per heavy atom. The largest absolute Gasteiger partial charge is 0.388 e. The lowest BCUT2D eigenvalue weighted by Gasteiger charge is -2.32. The number of carbonyl (C=O) groups excluding carboxylic acids is 4. The molecular weight excluding hydrogens is 898 g/mol. The van der Waals surface area contributed by atoms with Gasteiger partial charge in [0.1, 0.15) is 17.5 Å². The summed E-state index contributed by atoms with van der Waals surface area (Å²) in [6, 6.07) is 24.1. The van der Waals surface area contributed by atoms with E-state index in [2.05, 4.69) is 60.3 Å². The molecule has 0 aliphatic carbocycles. The van der Waals surface area contributed by atoms with Crippen LogP contribution < -0.4 is 26.0 Å². The van der Waals surface area contributed by atoms with Crippen LogP contribution in [0.15, 0.2) is 102 Å². The zero-order valence-corrected chi connectivity index (χ0v) is 41.2. The zero-order valence-electron chi connectivity index (χ0n) is 41.2. The topological polar surface area (TPSA) is 145 Å². The second-order valence-electron chi connectivity index (χ2n) is 20.1. The SMILES string of the molecule is CNc1ccn(-c2ccnc3c2cc(CN2CC=C(c4c(C)cc(C(=O)N(C)c5ccc(C6CCN(Cc7ccc8c(c7)C(C)(C)C(=O)N8[C@@H]7CCC(=O)NC7=O)CC6)cc5)cc4F)CC2)n3C)c(=O)c1. The number of imide groups is 1. The van der Waals surface area contributed by atoms with E-state index in [0.29, 0.717) is 43.0 Å². The number of rotatable bonds is 11. The van der Waals surface area contributed by atoms with Gasteiger partial charge < -0.3 is 14.8 Å². The number of anilines is 3. The Kier molecular flexibility index (Phi) is 12.6. The summed E-state index contributed by atoms with van der Waals surface area (Å²) in [5.41, 5.74) is 9.67. The van der Waals surface area contributed by atoms with E-state index in [1.807, 2.05) is 64.2 Å². The standard InChI is InChI=1S/C56H60FN9O5/c1-34-27-39(29-45(57)51(34)38-18-24-64(25-19-38)33-42-31-43-46(15-21-59-52(43)61(42)5)65-26-20-40(58-4)30-50(65)68)54(70)62(6)41-10-8-36(9-11-41)37-16-22-63(23-17-37)32-35-7-12-47-44(28-35)56(2,3)55(71)66(47)48-13-14-49(67)60-53(48)69/h7-12,15,18,20-21,26-31,37,48,58H,13-14,16-17,19,22-25,32-33H2,1-6H3,(H,60,67,69)/t48-/m1/s1. The second-order valence-corrected chi connectivity index (χ2v) is 20.1. The molecule has 7 heterocycles. The second kappa shape index (κ2) is 18.8. The van der Waals surface area contributed by atoms with Gasteiger partial charge in [-0.1, -0.05) is 30.3 Å². The molecule has 2 fully saturated rings. The minimum Gasteiger partial charge on any atom is -0.388 e. The van der Waals surface area contributed by atoms with Crippen molar-refractivity contribution < 1.29 is 23.6 Å². The maximum Gasteiger partial charge on any atom is 0.258 e. The number of benzene rings is 3. The van der Waals surface area contributed by atoms with E-state index < -0.39 is 23.2 Å². The van der Waals surface area contributed by atoms with Gasteiger partial charge in [0.15, 0.2) is 0 Å². The summed E-state index contributed by atoms with van der Waals surface area (Å²) in [7, 11) is 5.50. The van der Waals surface area contributed by atoms with E-state index >= 15 is 4.39 Å². The predicted molar refractivity (Wildman–Crippen MR) is 274 cm³/mol. The molecule has 71 heavy (non-hydrogen) atoms. The molecule has 6 aromatic rings. The molecule has 0 saturated carbocycles. The molecule has 4 aliphatic heterocycles. The molecule has 2 N–H and O–H groups in total. The summed E-state index contributed by atoms with van der Waals surface area (Å²) >= 11 is 0. The number of aryl methyl sites for hydroxylation is 2. The number of hydrogen-bond acceptors (Lipinski definition) is 9. The van der Waals surface area contributed by atoms with Crippen LogP contribution in [0.2, 0.25) is 0 Å². The van der Waals surface area contributed by atoms with Crippen molar-refractivity contribution in [3.63, 3.8) is 0 Å². The Bertz CT molecular complexity index is 3200. The van der Waals surface area contributed by atoms with E-state index in [1.54, 1.807) is 53.0 Å². The van der Waals surface area contributed by atoms with Crippen molar-refractivity contribution in [1.82, 2.24) is 29.2 Å². The number of halogens is 1. The van der Waals surface area contributed by atoms with Crippen LogP contribution >= 0.6 is 0 Å². The molecule has 0 spiro atoms. The molecule has 1 atom stereocenters. The molecular formula is C56H60FN9O5. The Balaban J connectivity index is 0.742. The van der Waals surface area contributed by atoms with Crippen LogP contribution in [0.4, 0.5) is 21.5 Å². The third-order valence-electron chi connectivity index (χ3n) is 15.3. The predicted octanol–water partition coefficient (Wildman–Crippen LogP) is 7.59. The van der Waals surface area contributed by atoms with Crippen LogP contribution in [0, 0.1) is 12.7 Å². The van der Waals surface area contributed by atoms with Gasteiger partial charge in [0.05, 0.1) is 11.1 Å². The molecule has 2 saturated heterocycles. The van der Waals surface area contributed by atoms with Crippen LogP contribution in [-0.2, 0) is 39.9 Å². The molecule has 4 amide bonds. The van der Waals surface area contributed by atoms with E-state index in [9.17, 15) is 24.0 Å². The Labute approximate surface area is 412 Å². The van der Waals surface area contributed by atoms with Crippen molar-refractivity contribution >= 4 is 57.3 Å². The van der Waals surface area contributed by atoms with Crippen LogP contribution in [0.3, 0.4) is 0 Å². The highest BCUT2D eigenvalue weighted by molar-refractivity contribution is 6.13. The van der Waals surface area contributed by atoms with Crippen molar-refractivity contribution in [2.75, 3.05) is 55.4 Å². The fourth-order valence-electron chi connectivity index (χ4n) is 11.2. The lowest BCUT2D eigenvalue weighted by atomic mass is 9.85. The van der Waals surface area contributed by atoms with Crippen LogP contribution in [0.25, 0.3) is 22.3 Å². The molecule has 4 aliphatic rings. The van der Waals surface area contributed by atoms with Gasteiger partial charge in [-0.25, -0.2) is 9.37 Å². The van der Waals surface area contributed by atoms with Crippen molar-refractivity contribution in [1.29, 1.82) is 0 Å². The highest BCUT2D eigenvalue weighted by atomic mass is 19.1. The summed E-state index contributed by atoms with van der Waals surface area (Å²) < 4.78 is 19.8. The number of nitrogens with one attached hydrogen (secondary N) is 2. The molecule has 14 nitrogen and oxygen atoms in total. The van der Waals surface area contributed by atoms with Gasteiger partial charge in [-0.2, -0.15) is 0 Å². The zero-order chi connectivity index (χ0) is 49.9. The van der Waals surface area contributed by atoms with Gasteiger partial charge >= 0.3 is 0 Å². The number of piperidine rings is 2. The molecule has 366 valence electrons. The van der Waals surface area contributed by atoms with Gasteiger partial charge in [-0.05, 0) is 142 Å². The lowest BCUT2D eigenvalue weighted by molar-refractivity contribution is -0.136. The summed E-state index contributed by atoms with van der Waals surface area (Å²) in [5, 5.41) is 6.30. The van der Waals surface area contributed by atoms with E-state index in [1.165, 1.54) is 11.6 Å². The van der Waals surface area contributed by atoms with Crippen molar-refractivity contribution in [3.8, 4) is 5.69 Å². The first-order chi connectivity index (χ1) is 34.1. The van der Waals surface area contributed by atoms with Crippen LogP contribution in [0.5, 0.6) is 0 Å². The van der Waals surface area contributed by atoms with Crippen molar-refractivity contribution in [2.24, 2.45) is 7.05 Å². The summed E-state index contributed by atoms with van der Waals surface area (Å²) in [5.74, 6) is -1.16. The van der Waals surface area contributed by atoms with E-state index in [-0.39, 0.29) is 29.7 Å².